The first-order valence-electron chi connectivity index (χ1n) is 5.18. The van der Waals surface area contributed by atoms with E-state index in [4.69, 9.17) is 4.74 Å². The highest BCUT2D eigenvalue weighted by atomic mass is 32.2. The van der Waals surface area contributed by atoms with E-state index in [2.05, 4.69) is 4.90 Å². The van der Waals surface area contributed by atoms with Gasteiger partial charge in [0, 0.05) is 19.1 Å². The van der Waals surface area contributed by atoms with Crippen molar-refractivity contribution >= 4 is 9.84 Å². The minimum atomic E-state index is -2.75. The third-order valence-electron chi connectivity index (χ3n) is 3.21. The Morgan fingerprint density at radius 1 is 1.36 bits per heavy atom. The maximum absolute atomic E-state index is 11.4. The van der Waals surface area contributed by atoms with E-state index in [0.29, 0.717) is 5.75 Å². The Morgan fingerprint density at radius 2 is 2.00 bits per heavy atom. The van der Waals surface area contributed by atoms with E-state index < -0.39 is 9.84 Å². The highest BCUT2D eigenvalue weighted by Gasteiger charge is 2.47. The summed E-state index contributed by atoms with van der Waals surface area (Å²) in [5.74, 6) is 0.353. The number of morpholine rings is 1. The molecule has 2 rings (SSSR count). The Hall–Kier alpha value is -0.130. The fourth-order valence-corrected chi connectivity index (χ4v) is 4.42. The zero-order valence-electron chi connectivity index (χ0n) is 8.48. The molecule has 2 aliphatic heterocycles. The maximum Gasteiger partial charge on any atom is 0.156 e. The second kappa shape index (κ2) is 3.79. The van der Waals surface area contributed by atoms with E-state index in [1.165, 1.54) is 0 Å². The molecule has 2 atom stereocenters. The van der Waals surface area contributed by atoms with Crippen LogP contribution < -0.4 is 0 Å². The molecule has 0 saturated carbocycles. The van der Waals surface area contributed by atoms with Gasteiger partial charge in [-0.25, -0.2) is 8.42 Å². The number of hydrogen-bond donors (Lipinski definition) is 0. The van der Waals surface area contributed by atoms with Crippen LogP contribution in [0.15, 0.2) is 0 Å². The summed E-state index contributed by atoms with van der Waals surface area (Å²) in [4.78, 5) is 2.26. The molecule has 0 amide bonds. The van der Waals surface area contributed by atoms with E-state index in [9.17, 15) is 8.42 Å². The molecule has 0 N–H and O–H groups in total. The van der Waals surface area contributed by atoms with Crippen molar-refractivity contribution in [2.24, 2.45) is 0 Å². The molecule has 0 aromatic rings. The molecular weight excluding hydrogens is 202 g/mol. The molecule has 82 valence electrons. The highest BCUT2D eigenvalue weighted by molar-refractivity contribution is 7.93. The zero-order chi connectivity index (χ0) is 10.2. The molecule has 0 bridgehead atoms. The van der Waals surface area contributed by atoms with Crippen molar-refractivity contribution in [2.75, 3.05) is 32.1 Å². The molecule has 0 aliphatic carbocycles. The minimum Gasteiger partial charge on any atom is -0.379 e. The van der Waals surface area contributed by atoms with Gasteiger partial charge in [-0.15, -0.1) is 0 Å². The van der Waals surface area contributed by atoms with Gasteiger partial charge >= 0.3 is 0 Å². The normalized spacial score (nSPS) is 37.8. The summed E-state index contributed by atoms with van der Waals surface area (Å²) in [5, 5.41) is -0.124. The molecule has 0 spiro atoms. The van der Waals surface area contributed by atoms with Gasteiger partial charge in [0.1, 0.15) is 0 Å². The first kappa shape index (κ1) is 10.4. The maximum atomic E-state index is 11.4. The molecule has 14 heavy (non-hydrogen) atoms. The molecule has 4 nitrogen and oxygen atoms in total. The third-order valence-corrected chi connectivity index (χ3v) is 5.59. The van der Waals surface area contributed by atoms with Crippen LogP contribution in [0.3, 0.4) is 0 Å². The second-order valence-corrected chi connectivity index (χ2v) is 6.26. The van der Waals surface area contributed by atoms with Gasteiger partial charge in [-0.2, -0.15) is 0 Å². The Bertz CT molecular complexity index is 295. The topological polar surface area (TPSA) is 46.6 Å². The Kier molecular flexibility index (Phi) is 2.81. The minimum absolute atomic E-state index is 0.124. The van der Waals surface area contributed by atoms with Crippen molar-refractivity contribution in [1.29, 1.82) is 0 Å². The highest BCUT2D eigenvalue weighted by Crippen LogP contribution is 2.29. The molecule has 2 aliphatic rings. The van der Waals surface area contributed by atoms with Crippen LogP contribution in [0.2, 0.25) is 0 Å². The summed E-state index contributed by atoms with van der Waals surface area (Å²) in [5.41, 5.74) is 0. The summed E-state index contributed by atoms with van der Waals surface area (Å²) in [6, 6.07) is 0.258. The lowest BCUT2D eigenvalue weighted by Crippen LogP contribution is -2.62. The van der Waals surface area contributed by atoms with Gasteiger partial charge < -0.3 is 4.74 Å². The van der Waals surface area contributed by atoms with Crippen LogP contribution >= 0.6 is 0 Å². The summed E-state index contributed by atoms with van der Waals surface area (Å²) >= 11 is 0. The smallest absolute Gasteiger partial charge is 0.156 e. The van der Waals surface area contributed by atoms with Crippen LogP contribution in [-0.4, -0.2) is 56.7 Å². The van der Waals surface area contributed by atoms with E-state index >= 15 is 0 Å². The van der Waals surface area contributed by atoms with Crippen LogP contribution in [0.4, 0.5) is 0 Å². The first-order chi connectivity index (χ1) is 6.65. The van der Waals surface area contributed by atoms with Crippen LogP contribution in [0, 0.1) is 0 Å². The summed E-state index contributed by atoms with van der Waals surface area (Å²) in [6.07, 6.45) is 0.740. The van der Waals surface area contributed by atoms with Gasteiger partial charge in [0.25, 0.3) is 0 Å². The fraction of sp³-hybridized carbons (Fsp3) is 1.00. The number of nitrogens with zero attached hydrogens (tertiary/aromatic N) is 1. The third kappa shape index (κ3) is 1.68. The molecule has 0 radical (unpaired) electrons. The van der Waals surface area contributed by atoms with Gasteiger partial charge in [-0.05, 0) is 6.42 Å². The summed E-state index contributed by atoms with van der Waals surface area (Å²) < 4.78 is 28.1. The molecule has 2 fully saturated rings. The number of sulfone groups is 1. The Morgan fingerprint density at radius 3 is 2.50 bits per heavy atom. The van der Waals surface area contributed by atoms with E-state index in [0.717, 1.165) is 32.7 Å². The monoisotopic (exact) mass is 219 g/mol. The molecule has 5 heteroatoms. The van der Waals surface area contributed by atoms with Crippen LogP contribution in [-0.2, 0) is 14.6 Å². The molecule has 2 heterocycles. The van der Waals surface area contributed by atoms with Crippen LogP contribution in [0.1, 0.15) is 13.3 Å². The second-order valence-electron chi connectivity index (χ2n) is 3.99. The van der Waals surface area contributed by atoms with Crippen molar-refractivity contribution in [2.45, 2.75) is 24.6 Å². The van der Waals surface area contributed by atoms with Crippen molar-refractivity contribution < 1.29 is 13.2 Å². The number of rotatable bonds is 2. The quantitative estimate of drug-likeness (QED) is 0.650. The molecule has 2 saturated heterocycles. The first-order valence-corrected chi connectivity index (χ1v) is 6.90. The van der Waals surface area contributed by atoms with Crippen LogP contribution in [0.25, 0.3) is 0 Å². The van der Waals surface area contributed by atoms with Crippen molar-refractivity contribution in [1.82, 2.24) is 4.90 Å². The van der Waals surface area contributed by atoms with Gasteiger partial charge in [0.05, 0.1) is 24.2 Å². The van der Waals surface area contributed by atoms with Crippen molar-refractivity contribution in [3.05, 3.63) is 0 Å². The lowest BCUT2D eigenvalue weighted by molar-refractivity contribution is 0.0162. The van der Waals surface area contributed by atoms with Gasteiger partial charge in [-0.3, -0.25) is 4.90 Å². The molecule has 0 aromatic heterocycles. The lowest BCUT2D eigenvalue weighted by atomic mass is 10.1. The van der Waals surface area contributed by atoms with E-state index in [1.54, 1.807) is 0 Å². The fourth-order valence-electron chi connectivity index (χ4n) is 2.36. The zero-order valence-corrected chi connectivity index (χ0v) is 9.29. The average Bonchev–Trinajstić information content (AvgIpc) is 2.17. The average molecular weight is 219 g/mol. The van der Waals surface area contributed by atoms with E-state index in [1.807, 2.05) is 6.92 Å². The van der Waals surface area contributed by atoms with Gasteiger partial charge in [-0.1, -0.05) is 6.92 Å². The van der Waals surface area contributed by atoms with Crippen molar-refractivity contribution in [3.8, 4) is 0 Å². The van der Waals surface area contributed by atoms with Crippen LogP contribution in [0.5, 0.6) is 0 Å². The standard InChI is InChI=1S/C9H17NO3S/c1-2-9-8(7-14(9,11)12)10-3-5-13-6-4-10/h8-9H,2-7H2,1H3. The predicted octanol–water partition coefficient (Wildman–Crippen LogP) is -0.106. The molecular formula is C9H17NO3S. The Labute approximate surface area is 85.1 Å². The largest absolute Gasteiger partial charge is 0.379 e. The number of ether oxygens (including phenoxy) is 1. The number of hydrogen-bond acceptors (Lipinski definition) is 4. The predicted molar refractivity (Wildman–Crippen MR) is 54.0 cm³/mol. The molecule has 2 unspecified atom stereocenters. The van der Waals surface area contributed by atoms with Gasteiger partial charge in [0.2, 0.25) is 0 Å². The SMILES string of the molecule is CCC1C(N2CCOCC2)CS1(=O)=O. The Balaban J connectivity index is 1.99. The molecule has 0 aromatic carbocycles. The lowest BCUT2D eigenvalue weighted by Gasteiger charge is -2.44. The van der Waals surface area contributed by atoms with Gasteiger partial charge in [0.15, 0.2) is 9.84 Å². The summed E-state index contributed by atoms with van der Waals surface area (Å²) in [6.45, 7) is 5.21. The van der Waals surface area contributed by atoms with Crippen molar-refractivity contribution in [3.63, 3.8) is 0 Å². The van der Waals surface area contributed by atoms with E-state index in [-0.39, 0.29) is 11.3 Å². The summed E-state index contributed by atoms with van der Waals surface area (Å²) in [7, 11) is -2.75.